The van der Waals surface area contributed by atoms with Crippen molar-refractivity contribution in [1.29, 1.82) is 0 Å². The summed E-state index contributed by atoms with van der Waals surface area (Å²) in [6, 6.07) is 12.4. The summed E-state index contributed by atoms with van der Waals surface area (Å²) in [5.41, 5.74) is 3.40. The highest BCUT2D eigenvalue weighted by atomic mass is 16.5. The molecule has 0 heterocycles. The first-order valence-corrected chi connectivity index (χ1v) is 8.47. The van der Waals surface area contributed by atoms with Gasteiger partial charge in [0.25, 0.3) is 5.91 Å². The number of benzene rings is 2. The fourth-order valence-corrected chi connectivity index (χ4v) is 2.32. The lowest BCUT2D eigenvalue weighted by molar-refractivity contribution is -0.138. The zero-order valence-corrected chi connectivity index (χ0v) is 16.2. The van der Waals surface area contributed by atoms with Crippen LogP contribution in [0, 0.1) is 13.8 Å². The quantitative estimate of drug-likeness (QED) is 0.589. The van der Waals surface area contributed by atoms with E-state index in [1.165, 1.54) is 14.2 Å². The molecule has 1 amide bonds. The molecular weight excluding hydrogens is 360 g/mol. The van der Waals surface area contributed by atoms with Crippen molar-refractivity contribution >= 4 is 29.2 Å². The number of hydrogen-bond acceptors (Lipinski definition) is 6. The molecule has 2 aromatic carbocycles. The first-order chi connectivity index (χ1) is 13.3. The molecule has 2 rings (SSSR count). The van der Waals surface area contributed by atoms with Gasteiger partial charge in [-0.15, -0.1) is 0 Å². The van der Waals surface area contributed by atoms with Crippen molar-refractivity contribution in [2.24, 2.45) is 0 Å². The maximum Gasteiger partial charge on any atom is 0.354 e. The summed E-state index contributed by atoms with van der Waals surface area (Å²) < 4.78 is 9.21. The second-order valence-corrected chi connectivity index (χ2v) is 6.05. The van der Waals surface area contributed by atoms with Crippen molar-refractivity contribution in [2.45, 2.75) is 13.8 Å². The van der Waals surface area contributed by atoms with E-state index >= 15 is 0 Å². The number of ether oxygens (including phenoxy) is 2. The zero-order valence-electron chi connectivity index (χ0n) is 16.2. The van der Waals surface area contributed by atoms with E-state index in [0.717, 1.165) is 17.2 Å². The average molecular weight is 382 g/mol. The SMILES string of the molecule is COC(=O)/C=C(/Nc1ccc(C)c(NC(=O)c2ccc(C)cc2)c1)C(=O)OC. The Morgan fingerprint density at radius 1 is 0.893 bits per heavy atom. The predicted octanol–water partition coefficient (Wildman–Crippen LogP) is 3.20. The summed E-state index contributed by atoms with van der Waals surface area (Å²) in [5, 5.41) is 5.67. The molecule has 0 saturated carbocycles. The van der Waals surface area contributed by atoms with Crippen LogP contribution in [0.15, 0.2) is 54.2 Å². The number of carbonyl (C=O) groups is 3. The first-order valence-electron chi connectivity index (χ1n) is 8.47. The third kappa shape index (κ3) is 5.44. The van der Waals surface area contributed by atoms with Gasteiger partial charge in [0, 0.05) is 16.9 Å². The van der Waals surface area contributed by atoms with Crippen LogP contribution >= 0.6 is 0 Å². The zero-order chi connectivity index (χ0) is 20.7. The number of esters is 2. The Labute approximate surface area is 163 Å². The van der Waals surface area contributed by atoms with Gasteiger partial charge >= 0.3 is 11.9 Å². The number of hydrogen-bond donors (Lipinski definition) is 2. The van der Waals surface area contributed by atoms with Crippen molar-refractivity contribution in [3.8, 4) is 0 Å². The van der Waals surface area contributed by atoms with E-state index in [9.17, 15) is 14.4 Å². The summed E-state index contributed by atoms with van der Waals surface area (Å²) in [5.74, 6) is -1.68. The minimum atomic E-state index is -0.726. The van der Waals surface area contributed by atoms with Gasteiger partial charge in [0.15, 0.2) is 0 Å². The van der Waals surface area contributed by atoms with Crippen molar-refractivity contribution in [2.75, 3.05) is 24.9 Å². The lowest BCUT2D eigenvalue weighted by atomic mass is 10.1. The van der Waals surface area contributed by atoms with Crippen LogP contribution in [-0.4, -0.2) is 32.1 Å². The molecule has 0 atom stereocenters. The monoisotopic (exact) mass is 382 g/mol. The predicted molar refractivity (Wildman–Crippen MR) is 106 cm³/mol. The van der Waals surface area contributed by atoms with Crippen molar-refractivity contribution in [3.05, 3.63) is 70.9 Å². The van der Waals surface area contributed by atoms with Gasteiger partial charge in [-0.05, 0) is 43.7 Å². The Kier molecular flexibility index (Phi) is 6.92. The smallest absolute Gasteiger partial charge is 0.354 e. The first kappa shape index (κ1) is 20.7. The van der Waals surface area contributed by atoms with Crippen LogP contribution in [0.5, 0.6) is 0 Å². The van der Waals surface area contributed by atoms with Gasteiger partial charge in [-0.25, -0.2) is 9.59 Å². The number of amides is 1. The molecule has 7 nitrogen and oxygen atoms in total. The maximum atomic E-state index is 12.5. The summed E-state index contributed by atoms with van der Waals surface area (Å²) in [6.45, 7) is 3.79. The molecule has 0 saturated heterocycles. The molecular formula is C21H22N2O5. The Morgan fingerprint density at radius 3 is 2.18 bits per heavy atom. The lowest BCUT2D eigenvalue weighted by Gasteiger charge is -2.13. The molecule has 28 heavy (non-hydrogen) atoms. The van der Waals surface area contributed by atoms with Gasteiger partial charge in [-0.3, -0.25) is 4.79 Å². The van der Waals surface area contributed by atoms with E-state index in [-0.39, 0.29) is 11.6 Å². The molecule has 0 aromatic heterocycles. The molecule has 0 bridgehead atoms. The van der Waals surface area contributed by atoms with Crippen molar-refractivity contribution < 1.29 is 23.9 Å². The number of rotatable bonds is 6. The Hall–Kier alpha value is -3.61. The topological polar surface area (TPSA) is 93.7 Å². The molecule has 0 aliphatic heterocycles. The largest absolute Gasteiger partial charge is 0.466 e. The number of carbonyl (C=O) groups excluding carboxylic acids is 3. The second kappa shape index (κ2) is 9.36. The van der Waals surface area contributed by atoms with Crippen LogP contribution in [-0.2, 0) is 19.1 Å². The summed E-state index contributed by atoms with van der Waals surface area (Å²) >= 11 is 0. The number of methoxy groups -OCH3 is 2. The van der Waals surface area contributed by atoms with Gasteiger partial charge in [0.1, 0.15) is 5.70 Å². The van der Waals surface area contributed by atoms with Crippen molar-refractivity contribution in [1.82, 2.24) is 0 Å². The molecule has 146 valence electrons. The molecule has 0 spiro atoms. The van der Waals surface area contributed by atoms with Crippen molar-refractivity contribution in [3.63, 3.8) is 0 Å². The Morgan fingerprint density at radius 2 is 1.57 bits per heavy atom. The molecule has 0 fully saturated rings. The fraction of sp³-hybridized carbons (Fsp3) is 0.190. The van der Waals surface area contributed by atoms with E-state index in [1.54, 1.807) is 30.3 Å². The highest BCUT2D eigenvalue weighted by molar-refractivity contribution is 6.05. The fourth-order valence-electron chi connectivity index (χ4n) is 2.32. The van der Waals surface area contributed by atoms with Crippen LogP contribution in [0.4, 0.5) is 11.4 Å². The molecule has 0 aliphatic carbocycles. The molecule has 0 unspecified atom stereocenters. The van der Waals surface area contributed by atoms with Gasteiger partial charge in [-0.1, -0.05) is 23.8 Å². The highest BCUT2D eigenvalue weighted by Crippen LogP contribution is 2.22. The third-order valence-electron chi connectivity index (χ3n) is 3.95. The highest BCUT2D eigenvalue weighted by Gasteiger charge is 2.14. The number of aryl methyl sites for hydroxylation is 2. The number of nitrogens with one attached hydrogen (secondary N) is 2. The Balaban J connectivity index is 2.25. The van der Waals surface area contributed by atoms with Gasteiger partial charge in [0.05, 0.1) is 20.3 Å². The van der Waals surface area contributed by atoms with Crippen LogP contribution in [0.1, 0.15) is 21.5 Å². The number of anilines is 2. The van der Waals surface area contributed by atoms with E-state index in [1.807, 2.05) is 26.0 Å². The minimum Gasteiger partial charge on any atom is -0.466 e. The molecule has 7 heteroatoms. The van der Waals surface area contributed by atoms with Crippen LogP contribution in [0.2, 0.25) is 0 Å². The van der Waals surface area contributed by atoms with Gasteiger partial charge in [0.2, 0.25) is 0 Å². The van der Waals surface area contributed by atoms with Gasteiger partial charge in [-0.2, -0.15) is 0 Å². The van der Waals surface area contributed by atoms with Crippen LogP contribution in [0.25, 0.3) is 0 Å². The summed E-state index contributed by atoms with van der Waals surface area (Å²) in [6.07, 6.45) is 0.996. The van der Waals surface area contributed by atoms with Crippen LogP contribution < -0.4 is 10.6 Å². The summed E-state index contributed by atoms with van der Waals surface area (Å²) in [4.78, 5) is 35.8. The standard InChI is InChI=1S/C21H22N2O5/c1-13-5-8-15(9-6-13)20(25)23-17-11-16(10-7-14(17)2)22-18(21(26)28-4)12-19(24)27-3/h5-12,22H,1-4H3,(H,23,25)/b18-12+. The third-order valence-corrected chi connectivity index (χ3v) is 3.95. The van der Waals surface area contributed by atoms with E-state index in [4.69, 9.17) is 0 Å². The molecule has 2 N–H and O–H groups in total. The normalized spacial score (nSPS) is 10.8. The summed E-state index contributed by atoms with van der Waals surface area (Å²) in [7, 11) is 2.41. The van der Waals surface area contributed by atoms with Gasteiger partial charge < -0.3 is 20.1 Å². The van der Waals surface area contributed by atoms with E-state index < -0.39 is 11.9 Å². The van der Waals surface area contributed by atoms with E-state index in [0.29, 0.717) is 16.9 Å². The molecule has 2 aromatic rings. The Bertz CT molecular complexity index is 917. The molecule has 0 radical (unpaired) electrons. The van der Waals surface area contributed by atoms with E-state index in [2.05, 4.69) is 20.1 Å². The lowest BCUT2D eigenvalue weighted by Crippen LogP contribution is -2.16. The average Bonchev–Trinajstić information content (AvgIpc) is 2.69. The maximum absolute atomic E-state index is 12.5. The second-order valence-electron chi connectivity index (χ2n) is 6.05. The van der Waals surface area contributed by atoms with Crippen LogP contribution in [0.3, 0.4) is 0 Å². The molecule has 0 aliphatic rings. The minimum absolute atomic E-state index is 0.0889.